The van der Waals surface area contributed by atoms with Crippen LogP contribution in [0.5, 0.6) is 0 Å². The molecule has 8 aromatic carbocycles. The van der Waals surface area contributed by atoms with Gasteiger partial charge in [0.05, 0.1) is 0 Å². The molecular weight excluding hydrogens is 687 g/mol. The summed E-state index contributed by atoms with van der Waals surface area (Å²) in [7, 11) is 0. The van der Waals surface area contributed by atoms with Crippen LogP contribution in [0.25, 0.3) is 107 Å². The zero-order valence-corrected chi connectivity index (χ0v) is 29.1. The van der Waals surface area contributed by atoms with E-state index in [1.165, 1.54) is 95.8 Å². The summed E-state index contributed by atoms with van der Waals surface area (Å²) in [5.41, 5.74) is 9.86. The van der Waals surface area contributed by atoms with Gasteiger partial charge in [-0.3, -0.25) is 0 Å². The van der Waals surface area contributed by atoms with E-state index in [-0.39, 0.29) is 14.5 Å². The van der Waals surface area contributed by atoms with Crippen molar-refractivity contribution in [2.24, 2.45) is 0 Å². The van der Waals surface area contributed by atoms with Gasteiger partial charge in [-0.15, -0.1) is 0 Å². The van der Waals surface area contributed by atoms with Crippen LogP contribution in [0.1, 0.15) is 0 Å². The van der Waals surface area contributed by atoms with Crippen LogP contribution >= 0.6 is 0 Å². The third-order valence-corrected chi connectivity index (χ3v) is 13.1. The Bertz CT molecular complexity index is 3010. The summed E-state index contributed by atoms with van der Waals surface area (Å²) < 4.78 is 14.1. The Hall–Kier alpha value is -6.12. The van der Waals surface area contributed by atoms with E-state index >= 15 is 0 Å². The van der Waals surface area contributed by atoms with E-state index in [1.54, 1.807) is 12.5 Å². The van der Waals surface area contributed by atoms with Crippen molar-refractivity contribution in [3.63, 3.8) is 0 Å². The van der Waals surface area contributed by atoms with Gasteiger partial charge in [0.1, 0.15) is 0 Å². The molecular formula is C48H28O2Se. The summed E-state index contributed by atoms with van der Waals surface area (Å²) in [5, 5.41) is 12.7. The van der Waals surface area contributed by atoms with E-state index in [0.29, 0.717) is 0 Å². The molecule has 0 aliphatic heterocycles. The van der Waals surface area contributed by atoms with Crippen LogP contribution in [-0.4, -0.2) is 14.5 Å². The van der Waals surface area contributed by atoms with Gasteiger partial charge in [0.2, 0.25) is 0 Å². The Balaban J connectivity index is 1.25. The van der Waals surface area contributed by atoms with Crippen molar-refractivity contribution in [3.05, 3.63) is 171 Å². The van der Waals surface area contributed by atoms with Gasteiger partial charge in [0, 0.05) is 0 Å². The second-order valence-corrected chi connectivity index (χ2v) is 15.4. The Labute approximate surface area is 299 Å². The molecule has 0 saturated carbocycles. The van der Waals surface area contributed by atoms with Crippen molar-refractivity contribution in [1.82, 2.24) is 0 Å². The molecule has 0 spiro atoms. The van der Waals surface area contributed by atoms with Crippen LogP contribution in [0.3, 0.4) is 0 Å². The fraction of sp³-hybridized carbons (Fsp3) is 0. The van der Waals surface area contributed by atoms with E-state index in [9.17, 15) is 0 Å². The molecule has 3 heterocycles. The van der Waals surface area contributed by atoms with Gasteiger partial charge in [-0.25, -0.2) is 0 Å². The topological polar surface area (TPSA) is 26.3 Å². The van der Waals surface area contributed by atoms with Gasteiger partial charge in [0.25, 0.3) is 0 Å². The molecule has 51 heavy (non-hydrogen) atoms. The third-order valence-electron chi connectivity index (χ3n) is 10.5. The Morgan fingerprint density at radius 2 is 0.725 bits per heavy atom. The van der Waals surface area contributed by atoms with Gasteiger partial charge in [0.15, 0.2) is 0 Å². The number of furan rings is 2. The van der Waals surface area contributed by atoms with Crippen molar-refractivity contribution >= 4 is 76.9 Å². The van der Waals surface area contributed by atoms with Crippen LogP contribution < -0.4 is 0 Å². The first-order chi connectivity index (χ1) is 25.3. The molecule has 0 atom stereocenters. The molecule has 0 unspecified atom stereocenters. The maximum atomic E-state index is 5.61. The van der Waals surface area contributed by atoms with Crippen LogP contribution in [0, 0.1) is 0 Å². The van der Waals surface area contributed by atoms with E-state index in [2.05, 4.69) is 146 Å². The van der Waals surface area contributed by atoms with E-state index in [4.69, 9.17) is 8.83 Å². The normalized spacial score (nSPS) is 11.9. The molecule has 11 aromatic rings. The first kappa shape index (κ1) is 28.7. The fourth-order valence-corrected chi connectivity index (χ4v) is 11.1. The Morgan fingerprint density at radius 1 is 0.333 bits per heavy atom. The molecule has 0 amide bonds. The Morgan fingerprint density at radius 3 is 1.18 bits per heavy atom. The van der Waals surface area contributed by atoms with E-state index in [0.717, 1.165) is 11.1 Å². The zero-order valence-electron chi connectivity index (χ0n) is 27.4. The minimum absolute atomic E-state index is 0.116. The second-order valence-electron chi connectivity index (χ2n) is 13.2. The summed E-state index contributed by atoms with van der Waals surface area (Å²) in [6, 6.07) is 53.6. The molecule has 0 bridgehead atoms. The van der Waals surface area contributed by atoms with Crippen LogP contribution in [0.4, 0.5) is 0 Å². The first-order valence-corrected chi connectivity index (χ1v) is 18.9. The molecule has 11 rings (SSSR count). The van der Waals surface area contributed by atoms with Crippen molar-refractivity contribution in [1.29, 1.82) is 0 Å². The molecule has 3 heteroatoms. The van der Waals surface area contributed by atoms with Gasteiger partial charge in [-0.1, -0.05) is 0 Å². The number of benzene rings is 8. The maximum absolute atomic E-state index is 5.61. The minimum atomic E-state index is 0.116. The number of fused-ring (bicyclic) bond motifs is 7. The number of hydrogen-bond donors (Lipinski definition) is 0. The standard InChI is InChI=1S/C48H28O2Se/c1-5-15-35-31(11-1)43(29-23-25-49-27-29)32-12-2-6-16-36(32)45(35)39-19-10-22-42-47(39)41-21-9-20-40(48(41)51-42)46-37-17-7-3-13-33(37)44(30-24-26-50-28-30)34-14-4-8-18-38(34)46/h1-28H. The monoisotopic (exact) mass is 716 g/mol. The summed E-state index contributed by atoms with van der Waals surface area (Å²) in [6.07, 6.45) is 7.27. The van der Waals surface area contributed by atoms with E-state index < -0.39 is 0 Å². The van der Waals surface area contributed by atoms with Crippen molar-refractivity contribution in [2.45, 2.75) is 0 Å². The summed E-state index contributed by atoms with van der Waals surface area (Å²) in [4.78, 5) is 0. The van der Waals surface area contributed by atoms with Gasteiger partial charge in [-0.05, 0) is 0 Å². The molecule has 0 saturated heterocycles. The van der Waals surface area contributed by atoms with Gasteiger partial charge in [-0.2, -0.15) is 0 Å². The SMILES string of the molecule is c1cc(-c2c3ccccc3c(-c3ccoc3)c3ccccc23)c2c(c1)[se]c1c(-c3c4ccccc4c(-c4ccoc4)c4ccccc34)cccc12. The molecule has 3 aromatic heterocycles. The molecule has 0 fully saturated rings. The molecule has 238 valence electrons. The third kappa shape index (κ3) is 4.17. The summed E-state index contributed by atoms with van der Waals surface area (Å²) >= 11 is 0.116. The quantitative estimate of drug-likeness (QED) is 0.134. The van der Waals surface area contributed by atoms with Crippen molar-refractivity contribution < 1.29 is 8.83 Å². The van der Waals surface area contributed by atoms with Crippen LogP contribution in [-0.2, 0) is 0 Å². The fourth-order valence-electron chi connectivity index (χ4n) is 8.53. The van der Waals surface area contributed by atoms with Gasteiger partial charge >= 0.3 is 301 Å². The average molecular weight is 716 g/mol. The van der Waals surface area contributed by atoms with Crippen molar-refractivity contribution in [2.75, 3.05) is 0 Å². The van der Waals surface area contributed by atoms with Crippen molar-refractivity contribution in [3.8, 4) is 44.5 Å². The average Bonchev–Trinajstić information content (AvgIpc) is 3.98. The number of rotatable bonds is 4. The van der Waals surface area contributed by atoms with Gasteiger partial charge < -0.3 is 0 Å². The number of hydrogen-bond acceptors (Lipinski definition) is 2. The summed E-state index contributed by atoms with van der Waals surface area (Å²) in [5.74, 6) is 0. The van der Waals surface area contributed by atoms with E-state index in [1.807, 2.05) is 12.5 Å². The Kier molecular flexibility index (Phi) is 6.30. The summed E-state index contributed by atoms with van der Waals surface area (Å²) in [6.45, 7) is 0. The zero-order chi connectivity index (χ0) is 33.5. The predicted octanol–water partition coefficient (Wildman–Crippen LogP) is 13.5. The van der Waals surface area contributed by atoms with Crippen LogP contribution in [0.2, 0.25) is 0 Å². The molecule has 2 nitrogen and oxygen atoms in total. The molecule has 0 aliphatic carbocycles. The molecule has 0 N–H and O–H groups in total. The molecule has 0 aliphatic rings. The second kappa shape index (κ2) is 11.2. The molecule has 0 radical (unpaired) electrons. The predicted molar refractivity (Wildman–Crippen MR) is 215 cm³/mol. The van der Waals surface area contributed by atoms with Crippen LogP contribution in [0.15, 0.2) is 179 Å². The first-order valence-electron chi connectivity index (χ1n) is 17.2.